The normalized spacial score (nSPS) is 12.5. The van der Waals surface area contributed by atoms with Gasteiger partial charge in [0.05, 0.1) is 12.0 Å². The largest absolute Gasteiger partial charge is 0.465 e. The second-order valence-electron chi connectivity index (χ2n) is 5.45. The van der Waals surface area contributed by atoms with Crippen molar-refractivity contribution in [3.63, 3.8) is 0 Å². The van der Waals surface area contributed by atoms with Crippen LogP contribution in [0.25, 0.3) is 11.0 Å². The van der Waals surface area contributed by atoms with Gasteiger partial charge in [0.25, 0.3) is 10.0 Å². The number of sulfonamides is 1. The van der Waals surface area contributed by atoms with Crippen LogP contribution in [0.3, 0.4) is 0 Å². The van der Waals surface area contributed by atoms with E-state index in [1.165, 1.54) is 38.5 Å². The lowest BCUT2D eigenvalue weighted by molar-refractivity contribution is 0.0594. The molecule has 1 aromatic carbocycles. The van der Waals surface area contributed by atoms with Crippen molar-refractivity contribution in [2.75, 3.05) is 18.9 Å². The van der Waals surface area contributed by atoms with E-state index in [1.807, 2.05) is 0 Å². The molecule has 0 radical (unpaired) electrons. The predicted molar refractivity (Wildman–Crippen MR) is 104 cm³/mol. The maximum Gasteiger partial charge on any atom is 0.342 e. The van der Waals surface area contributed by atoms with E-state index in [2.05, 4.69) is 11.3 Å². The van der Waals surface area contributed by atoms with E-state index in [0.717, 1.165) is 0 Å². The molecule has 0 aliphatic carbocycles. The summed E-state index contributed by atoms with van der Waals surface area (Å²) in [6.07, 6.45) is 5.84. The summed E-state index contributed by atoms with van der Waals surface area (Å²) >= 11 is 0. The highest BCUT2D eigenvalue weighted by Crippen LogP contribution is 2.30. The van der Waals surface area contributed by atoms with Crippen molar-refractivity contribution in [2.24, 2.45) is 0 Å². The van der Waals surface area contributed by atoms with Crippen molar-refractivity contribution in [2.45, 2.75) is 13.5 Å². The number of methoxy groups -OCH3 is 2. The summed E-state index contributed by atoms with van der Waals surface area (Å²) in [5, 5.41) is 0.425. The standard InChI is InChI=1S/C19H21NO6S/c1-5-7-14(8-6-2)27(22,23)20-13-9-10-16-15(11-13)18(19(21)25-4)17(26-16)12-24-3/h5-11,20H,1,12H2,2-4H3/b8-6-,14-7+. The number of rotatable bonds is 8. The Labute approximate surface area is 158 Å². The number of furan rings is 1. The first-order chi connectivity index (χ1) is 12.9. The molecule has 1 N–H and O–H groups in total. The number of nitrogens with one attached hydrogen (secondary N) is 1. The molecule has 0 aliphatic heterocycles. The van der Waals surface area contributed by atoms with Gasteiger partial charge in [0, 0.05) is 18.2 Å². The lowest BCUT2D eigenvalue weighted by Gasteiger charge is -2.09. The Morgan fingerprint density at radius 3 is 2.67 bits per heavy atom. The molecule has 144 valence electrons. The fourth-order valence-electron chi connectivity index (χ4n) is 2.50. The minimum Gasteiger partial charge on any atom is -0.465 e. The van der Waals surface area contributed by atoms with E-state index in [1.54, 1.807) is 25.1 Å². The highest BCUT2D eigenvalue weighted by atomic mass is 32.2. The van der Waals surface area contributed by atoms with Gasteiger partial charge in [0.15, 0.2) is 0 Å². The number of allylic oxidation sites excluding steroid dienone is 4. The molecule has 0 saturated carbocycles. The number of anilines is 1. The number of fused-ring (bicyclic) bond motifs is 1. The first-order valence-corrected chi connectivity index (χ1v) is 9.47. The monoisotopic (exact) mass is 391 g/mol. The molecule has 0 unspecified atom stereocenters. The molecule has 1 heterocycles. The smallest absolute Gasteiger partial charge is 0.342 e. The first-order valence-electron chi connectivity index (χ1n) is 7.98. The van der Waals surface area contributed by atoms with Crippen LogP contribution in [-0.4, -0.2) is 28.6 Å². The second kappa shape index (κ2) is 8.70. The van der Waals surface area contributed by atoms with E-state index >= 15 is 0 Å². The van der Waals surface area contributed by atoms with Crippen molar-refractivity contribution < 1.29 is 27.1 Å². The number of ether oxygens (including phenoxy) is 2. The van der Waals surface area contributed by atoms with Gasteiger partial charge >= 0.3 is 5.97 Å². The molecule has 0 bridgehead atoms. The van der Waals surface area contributed by atoms with Crippen LogP contribution in [-0.2, 0) is 26.1 Å². The van der Waals surface area contributed by atoms with Crippen molar-refractivity contribution in [1.29, 1.82) is 0 Å². The van der Waals surface area contributed by atoms with E-state index in [-0.39, 0.29) is 22.8 Å². The molecular formula is C19H21NO6S. The van der Waals surface area contributed by atoms with Crippen LogP contribution in [0.15, 0.2) is 58.4 Å². The molecule has 8 heteroatoms. The number of esters is 1. The van der Waals surface area contributed by atoms with E-state index in [4.69, 9.17) is 13.9 Å². The average Bonchev–Trinajstić information content (AvgIpc) is 2.98. The molecule has 0 atom stereocenters. The van der Waals surface area contributed by atoms with Crippen LogP contribution in [0.4, 0.5) is 5.69 Å². The summed E-state index contributed by atoms with van der Waals surface area (Å²) in [7, 11) is -1.10. The van der Waals surface area contributed by atoms with Crippen molar-refractivity contribution in [1.82, 2.24) is 0 Å². The van der Waals surface area contributed by atoms with Crippen LogP contribution in [0.5, 0.6) is 0 Å². The number of hydrogen-bond acceptors (Lipinski definition) is 6. The minimum atomic E-state index is -3.83. The third-order valence-corrected chi connectivity index (χ3v) is 5.00. The van der Waals surface area contributed by atoms with Gasteiger partial charge in [-0.15, -0.1) is 0 Å². The van der Waals surface area contributed by atoms with E-state index in [9.17, 15) is 13.2 Å². The molecular weight excluding hydrogens is 370 g/mol. The van der Waals surface area contributed by atoms with Crippen molar-refractivity contribution in [3.8, 4) is 0 Å². The Bertz CT molecular complexity index is 1010. The molecule has 2 aromatic rings. The Morgan fingerprint density at radius 1 is 1.33 bits per heavy atom. The molecule has 7 nitrogen and oxygen atoms in total. The Morgan fingerprint density at radius 2 is 2.07 bits per heavy atom. The lowest BCUT2D eigenvalue weighted by atomic mass is 10.1. The summed E-state index contributed by atoms with van der Waals surface area (Å²) in [4.78, 5) is 12.2. The zero-order valence-electron chi connectivity index (χ0n) is 15.3. The molecule has 0 aliphatic rings. The van der Waals surface area contributed by atoms with Gasteiger partial charge in [-0.1, -0.05) is 18.7 Å². The summed E-state index contributed by atoms with van der Waals surface area (Å²) in [6, 6.07) is 4.64. The number of carbonyl (C=O) groups is 1. The maximum absolute atomic E-state index is 12.6. The molecule has 0 amide bonds. The Kier molecular flexibility index (Phi) is 6.59. The van der Waals surface area contributed by atoms with Gasteiger partial charge in [-0.05, 0) is 37.3 Å². The highest BCUT2D eigenvalue weighted by Gasteiger charge is 2.23. The number of hydrogen-bond donors (Lipinski definition) is 1. The van der Waals surface area contributed by atoms with Crippen molar-refractivity contribution >= 4 is 32.6 Å². The quantitative estimate of drug-likeness (QED) is 0.544. The molecule has 27 heavy (non-hydrogen) atoms. The van der Waals surface area contributed by atoms with Crippen LogP contribution in [0.2, 0.25) is 0 Å². The van der Waals surface area contributed by atoms with E-state index in [0.29, 0.717) is 16.7 Å². The number of carbonyl (C=O) groups excluding carboxylic acids is 1. The zero-order valence-corrected chi connectivity index (χ0v) is 16.1. The van der Waals surface area contributed by atoms with Gasteiger partial charge in [0.2, 0.25) is 0 Å². The maximum atomic E-state index is 12.6. The second-order valence-corrected chi connectivity index (χ2v) is 7.13. The van der Waals surface area contributed by atoms with E-state index < -0.39 is 16.0 Å². The average molecular weight is 391 g/mol. The SMILES string of the molecule is C=C/C=C(\C=C/C)S(=O)(=O)Nc1ccc2oc(COC)c(C(=O)OC)c2c1. The molecule has 0 spiro atoms. The Balaban J connectivity index is 2.53. The van der Waals surface area contributed by atoms with Gasteiger partial charge in [-0.3, -0.25) is 4.72 Å². The molecule has 0 saturated heterocycles. The van der Waals surface area contributed by atoms with Crippen LogP contribution in [0.1, 0.15) is 23.0 Å². The predicted octanol–water partition coefficient (Wildman–Crippen LogP) is 3.75. The summed E-state index contributed by atoms with van der Waals surface area (Å²) in [5.74, 6) is -0.289. The molecule has 2 rings (SSSR count). The summed E-state index contributed by atoms with van der Waals surface area (Å²) in [6.45, 7) is 5.32. The molecule has 1 aromatic heterocycles. The topological polar surface area (TPSA) is 94.8 Å². The minimum absolute atomic E-state index is 0.0561. The fraction of sp³-hybridized carbons (Fsp3) is 0.211. The van der Waals surface area contributed by atoms with Crippen LogP contribution in [0, 0.1) is 0 Å². The fourth-order valence-corrected chi connectivity index (χ4v) is 3.65. The van der Waals surface area contributed by atoms with Gasteiger partial charge in [-0.2, -0.15) is 0 Å². The van der Waals surface area contributed by atoms with Crippen molar-refractivity contribution in [3.05, 3.63) is 65.3 Å². The first kappa shape index (κ1) is 20.5. The highest BCUT2D eigenvalue weighted by molar-refractivity contribution is 7.96. The van der Waals surface area contributed by atoms with Gasteiger partial charge in [-0.25, -0.2) is 13.2 Å². The zero-order chi connectivity index (χ0) is 20.0. The third kappa shape index (κ3) is 4.47. The summed E-state index contributed by atoms with van der Waals surface area (Å²) in [5.41, 5.74) is 0.892. The Hall–Kier alpha value is -2.84. The van der Waals surface area contributed by atoms with Crippen LogP contribution >= 0.6 is 0 Å². The molecule has 0 fully saturated rings. The summed E-state index contributed by atoms with van der Waals surface area (Å²) < 4.78 is 43.2. The van der Waals surface area contributed by atoms with Crippen LogP contribution < -0.4 is 4.72 Å². The third-order valence-electron chi connectivity index (χ3n) is 3.60. The lowest BCUT2D eigenvalue weighted by Crippen LogP contribution is -2.14. The van der Waals surface area contributed by atoms with Gasteiger partial charge < -0.3 is 13.9 Å². The number of benzene rings is 1. The van der Waals surface area contributed by atoms with Gasteiger partial charge in [0.1, 0.15) is 23.5 Å².